The number of benzene rings is 1. The second-order valence-electron chi connectivity index (χ2n) is 5.57. The Labute approximate surface area is 157 Å². The number of nitrogens with zero attached hydrogens (tertiary/aromatic N) is 4. The fourth-order valence-corrected chi connectivity index (χ4v) is 3.28. The van der Waals surface area contributed by atoms with E-state index in [1.165, 1.54) is 0 Å². The Balaban J connectivity index is 1.59. The third-order valence-electron chi connectivity index (χ3n) is 3.75. The highest BCUT2D eigenvalue weighted by molar-refractivity contribution is 7.99. The molecule has 0 bridgehead atoms. The van der Waals surface area contributed by atoms with Crippen molar-refractivity contribution in [3.8, 4) is 22.9 Å². The summed E-state index contributed by atoms with van der Waals surface area (Å²) in [5.41, 5.74) is 1.03. The van der Waals surface area contributed by atoms with E-state index in [0.29, 0.717) is 6.61 Å². The lowest BCUT2D eigenvalue weighted by molar-refractivity contribution is 0.342. The summed E-state index contributed by atoms with van der Waals surface area (Å²) in [6.07, 6.45) is 4.57. The van der Waals surface area contributed by atoms with Crippen LogP contribution in [0, 0.1) is 0 Å². The first-order valence-corrected chi connectivity index (χ1v) is 9.53. The molecular weight excluding hydrogens is 348 g/mol. The number of ether oxygens (including phenoxy) is 2. The number of rotatable bonds is 9. The molecule has 0 N–H and O–H groups in total. The summed E-state index contributed by atoms with van der Waals surface area (Å²) in [5.74, 6) is 3.33. The Morgan fingerprint density at radius 1 is 1.00 bits per heavy atom. The minimum Gasteiger partial charge on any atom is -0.497 e. The van der Waals surface area contributed by atoms with Gasteiger partial charge < -0.3 is 14.0 Å². The van der Waals surface area contributed by atoms with Crippen LogP contribution in [0.2, 0.25) is 0 Å². The van der Waals surface area contributed by atoms with E-state index in [4.69, 9.17) is 9.47 Å². The molecule has 136 valence electrons. The maximum Gasteiger partial charge on any atom is 0.191 e. The normalized spacial score (nSPS) is 10.7. The minimum absolute atomic E-state index is 0.598. The van der Waals surface area contributed by atoms with Gasteiger partial charge in [0.15, 0.2) is 11.0 Å². The van der Waals surface area contributed by atoms with E-state index in [1.54, 1.807) is 31.3 Å². The number of aromatic nitrogens is 4. The molecule has 0 fully saturated rings. The zero-order chi connectivity index (χ0) is 18.2. The van der Waals surface area contributed by atoms with Crippen molar-refractivity contribution in [1.29, 1.82) is 0 Å². The first kappa shape index (κ1) is 18.3. The van der Waals surface area contributed by atoms with E-state index in [-0.39, 0.29) is 0 Å². The van der Waals surface area contributed by atoms with Crippen molar-refractivity contribution < 1.29 is 9.47 Å². The van der Waals surface area contributed by atoms with Gasteiger partial charge in [-0.2, -0.15) is 0 Å². The fourth-order valence-electron chi connectivity index (χ4n) is 2.50. The summed E-state index contributed by atoms with van der Waals surface area (Å²) < 4.78 is 13.1. The van der Waals surface area contributed by atoms with E-state index in [2.05, 4.69) is 26.7 Å². The van der Waals surface area contributed by atoms with Gasteiger partial charge in [0.2, 0.25) is 0 Å². The molecule has 3 aromatic rings. The van der Waals surface area contributed by atoms with E-state index in [0.717, 1.165) is 46.8 Å². The lowest BCUT2D eigenvalue weighted by atomic mass is 10.2. The first-order valence-electron chi connectivity index (χ1n) is 8.55. The van der Waals surface area contributed by atoms with Crippen LogP contribution in [0.1, 0.15) is 13.3 Å². The van der Waals surface area contributed by atoms with Crippen LogP contribution in [-0.2, 0) is 6.54 Å². The third-order valence-corrected chi connectivity index (χ3v) is 4.68. The number of pyridine rings is 1. The Kier molecular flexibility index (Phi) is 6.49. The van der Waals surface area contributed by atoms with Gasteiger partial charge in [0.25, 0.3) is 0 Å². The van der Waals surface area contributed by atoms with E-state index in [1.807, 2.05) is 36.4 Å². The fraction of sp³-hybridized carbons (Fsp3) is 0.316. The first-order chi connectivity index (χ1) is 12.8. The summed E-state index contributed by atoms with van der Waals surface area (Å²) in [6, 6.07) is 11.5. The Morgan fingerprint density at radius 2 is 1.73 bits per heavy atom. The van der Waals surface area contributed by atoms with Crippen LogP contribution in [0.25, 0.3) is 11.4 Å². The van der Waals surface area contributed by atoms with Gasteiger partial charge in [-0.25, -0.2) is 0 Å². The number of hydrogen-bond acceptors (Lipinski definition) is 6. The van der Waals surface area contributed by atoms with E-state index < -0.39 is 0 Å². The van der Waals surface area contributed by atoms with Gasteiger partial charge in [0, 0.05) is 30.3 Å². The van der Waals surface area contributed by atoms with Crippen molar-refractivity contribution >= 4 is 11.8 Å². The second-order valence-corrected chi connectivity index (χ2v) is 6.63. The summed E-state index contributed by atoms with van der Waals surface area (Å²) >= 11 is 1.65. The molecule has 2 aromatic heterocycles. The number of hydrogen-bond donors (Lipinski definition) is 0. The Morgan fingerprint density at radius 3 is 2.42 bits per heavy atom. The highest BCUT2D eigenvalue weighted by Crippen LogP contribution is 2.24. The second kappa shape index (κ2) is 9.24. The van der Waals surface area contributed by atoms with Crippen LogP contribution in [-0.4, -0.2) is 39.2 Å². The molecule has 6 nitrogen and oxygen atoms in total. The van der Waals surface area contributed by atoms with Crippen LogP contribution >= 0.6 is 11.8 Å². The van der Waals surface area contributed by atoms with Crippen molar-refractivity contribution in [2.24, 2.45) is 0 Å². The van der Waals surface area contributed by atoms with Crippen LogP contribution in [0.5, 0.6) is 11.5 Å². The molecule has 26 heavy (non-hydrogen) atoms. The molecule has 0 atom stereocenters. The summed E-state index contributed by atoms with van der Waals surface area (Å²) in [5, 5.41) is 9.65. The van der Waals surface area contributed by atoms with Crippen molar-refractivity contribution in [2.75, 3.05) is 19.5 Å². The lowest BCUT2D eigenvalue weighted by Gasteiger charge is -2.09. The lowest BCUT2D eigenvalue weighted by Crippen LogP contribution is -2.04. The zero-order valence-electron chi connectivity index (χ0n) is 15.0. The molecular formula is C19H22N4O2S. The topological polar surface area (TPSA) is 62.1 Å². The maximum absolute atomic E-state index is 5.78. The molecule has 1 aromatic carbocycles. The standard InChI is InChI=1S/C19H22N4O2S/c1-3-12-23-18(15-8-10-20-11-9-15)21-22-19(23)26-14-13-25-17-6-4-16(24-2)5-7-17/h4-11H,3,12-14H2,1-2H3. The third kappa shape index (κ3) is 4.54. The molecule has 0 unspecified atom stereocenters. The molecule has 0 saturated heterocycles. The van der Waals surface area contributed by atoms with Crippen molar-refractivity contribution in [2.45, 2.75) is 25.0 Å². The highest BCUT2D eigenvalue weighted by atomic mass is 32.2. The van der Waals surface area contributed by atoms with Crippen LogP contribution in [0.15, 0.2) is 53.9 Å². The maximum atomic E-state index is 5.78. The smallest absolute Gasteiger partial charge is 0.191 e. The minimum atomic E-state index is 0.598. The van der Waals surface area contributed by atoms with Gasteiger partial charge in [-0.05, 0) is 42.8 Å². The number of methoxy groups -OCH3 is 1. The summed E-state index contributed by atoms with van der Waals surface area (Å²) in [4.78, 5) is 4.07. The molecule has 0 spiro atoms. The molecule has 0 saturated carbocycles. The van der Waals surface area contributed by atoms with Gasteiger partial charge in [-0.3, -0.25) is 4.98 Å². The highest BCUT2D eigenvalue weighted by Gasteiger charge is 2.13. The number of thioether (sulfide) groups is 1. The molecule has 3 rings (SSSR count). The Hall–Kier alpha value is -2.54. The van der Waals surface area contributed by atoms with Crippen molar-refractivity contribution in [1.82, 2.24) is 19.7 Å². The average Bonchev–Trinajstić information content (AvgIpc) is 3.09. The van der Waals surface area contributed by atoms with E-state index in [9.17, 15) is 0 Å². The van der Waals surface area contributed by atoms with Gasteiger partial charge in [-0.1, -0.05) is 18.7 Å². The van der Waals surface area contributed by atoms with Gasteiger partial charge in [0.05, 0.1) is 13.7 Å². The zero-order valence-corrected chi connectivity index (χ0v) is 15.8. The van der Waals surface area contributed by atoms with Crippen LogP contribution in [0.3, 0.4) is 0 Å². The molecule has 7 heteroatoms. The predicted octanol–water partition coefficient (Wildman–Crippen LogP) is 3.93. The van der Waals surface area contributed by atoms with Crippen molar-refractivity contribution in [3.63, 3.8) is 0 Å². The van der Waals surface area contributed by atoms with Gasteiger partial charge in [0.1, 0.15) is 11.5 Å². The molecule has 0 amide bonds. The monoisotopic (exact) mass is 370 g/mol. The SMILES string of the molecule is CCCn1c(SCCOc2ccc(OC)cc2)nnc1-c1ccncc1. The Bertz CT molecular complexity index is 806. The molecule has 0 aliphatic carbocycles. The molecule has 0 radical (unpaired) electrons. The predicted molar refractivity (Wildman–Crippen MR) is 103 cm³/mol. The van der Waals surface area contributed by atoms with Crippen LogP contribution in [0.4, 0.5) is 0 Å². The quantitative estimate of drug-likeness (QED) is 0.420. The molecule has 0 aliphatic heterocycles. The van der Waals surface area contributed by atoms with Crippen LogP contribution < -0.4 is 9.47 Å². The van der Waals surface area contributed by atoms with Gasteiger partial charge >= 0.3 is 0 Å². The largest absolute Gasteiger partial charge is 0.497 e. The molecule has 0 aliphatic rings. The average molecular weight is 370 g/mol. The summed E-state index contributed by atoms with van der Waals surface area (Å²) in [7, 11) is 1.65. The van der Waals surface area contributed by atoms with Gasteiger partial charge in [-0.15, -0.1) is 10.2 Å². The molecule has 2 heterocycles. The summed E-state index contributed by atoms with van der Waals surface area (Å²) in [6.45, 7) is 3.63. The van der Waals surface area contributed by atoms with Crippen molar-refractivity contribution in [3.05, 3.63) is 48.8 Å². The van der Waals surface area contributed by atoms with E-state index >= 15 is 0 Å².